The normalized spacial score (nSPS) is 19.3. The van der Waals surface area contributed by atoms with Gasteiger partial charge in [0.15, 0.2) is 0 Å². The topological polar surface area (TPSA) is 41.1 Å². The second kappa shape index (κ2) is 6.89. The van der Waals surface area contributed by atoms with Crippen LogP contribution in [-0.4, -0.2) is 25.5 Å². The van der Waals surface area contributed by atoms with Gasteiger partial charge in [-0.25, -0.2) is 0 Å². The van der Waals surface area contributed by atoms with Crippen molar-refractivity contribution < 1.29 is 4.79 Å². The molecule has 1 aliphatic rings. The number of carbonyl (C=O) groups is 1. The minimum absolute atomic E-state index is 0.200. The summed E-state index contributed by atoms with van der Waals surface area (Å²) in [6.45, 7) is 6.93. The maximum Gasteiger partial charge on any atom is 0.230 e. The van der Waals surface area contributed by atoms with Crippen LogP contribution in [0.15, 0.2) is 30.3 Å². The average molecular weight is 274 g/mol. The Morgan fingerprint density at radius 2 is 1.95 bits per heavy atom. The van der Waals surface area contributed by atoms with Gasteiger partial charge in [0.2, 0.25) is 5.91 Å². The summed E-state index contributed by atoms with van der Waals surface area (Å²) < 4.78 is 0. The van der Waals surface area contributed by atoms with E-state index in [2.05, 4.69) is 36.6 Å². The maximum atomic E-state index is 12.8. The van der Waals surface area contributed by atoms with Gasteiger partial charge in [-0.1, -0.05) is 50.6 Å². The van der Waals surface area contributed by atoms with Crippen LogP contribution >= 0.6 is 0 Å². The summed E-state index contributed by atoms with van der Waals surface area (Å²) in [7, 11) is 0. The minimum atomic E-state index is -0.347. The number of benzene rings is 1. The molecule has 3 nitrogen and oxygen atoms in total. The number of carbonyl (C=O) groups excluding carboxylic acids is 1. The fourth-order valence-corrected chi connectivity index (χ4v) is 2.84. The molecule has 1 fully saturated rings. The average Bonchev–Trinajstić information content (AvgIpc) is 2.53. The molecule has 0 aliphatic carbocycles. The van der Waals surface area contributed by atoms with Gasteiger partial charge < -0.3 is 10.6 Å². The molecule has 0 aromatic heterocycles. The Morgan fingerprint density at radius 3 is 2.55 bits per heavy atom. The molecule has 0 bridgehead atoms. The summed E-state index contributed by atoms with van der Waals surface area (Å²) in [5.74, 6) is 0.735. The van der Waals surface area contributed by atoms with Crippen molar-refractivity contribution in [2.24, 2.45) is 5.92 Å². The lowest BCUT2D eigenvalue weighted by molar-refractivity contribution is -0.128. The van der Waals surface area contributed by atoms with Crippen LogP contribution < -0.4 is 10.6 Å². The summed E-state index contributed by atoms with van der Waals surface area (Å²) in [5, 5.41) is 6.54. The second-order valence-corrected chi connectivity index (χ2v) is 5.92. The predicted octanol–water partition coefficient (Wildman–Crippen LogP) is 2.47. The Balaban J connectivity index is 2.17. The van der Waals surface area contributed by atoms with Crippen molar-refractivity contribution in [2.45, 2.75) is 38.5 Å². The van der Waals surface area contributed by atoms with Crippen LogP contribution in [0.2, 0.25) is 0 Å². The highest BCUT2D eigenvalue weighted by atomic mass is 16.2. The van der Waals surface area contributed by atoms with E-state index in [1.165, 1.54) is 0 Å². The third kappa shape index (κ3) is 3.21. The highest BCUT2D eigenvalue weighted by molar-refractivity contribution is 5.88. The molecular formula is C17H26N2O. The van der Waals surface area contributed by atoms with Gasteiger partial charge >= 0.3 is 0 Å². The van der Waals surface area contributed by atoms with E-state index in [-0.39, 0.29) is 11.3 Å². The predicted molar refractivity (Wildman–Crippen MR) is 82.7 cm³/mol. The SMILES string of the molecule is CCC(C)CNC(=O)C1(c2ccccc2)CCNCC1. The van der Waals surface area contributed by atoms with Crippen molar-refractivity contribution in [3.05, 3.63) is 35.9 Å². The molecule has 2 N–H and O–H groups in total. The van der Waals surface area contributed by atoms with Gasteiger partial charge in [0, 0.05) is 6.54 Å². The molecule has 1 aromatic rings. The smallest absolute Gasteiger partial charge is 0.230 e. The van der Waals surface area contributed by atoms with E-state index < -0.39 is 0 Å². The van der Waals surface area contributed by atoms with Crippen molar-refractivity contribution in [3.8, 4) is 0 Å². The summed E-state index contributed by atoms with van der Waals surface area (Å²) in [6, 6.07) is 10.2. The van der Waals surface area contributed by atoms with Gasteiger partial charge in [-0.3, -0.25) is 4.79 Å². The van der Waals surface area contributed by atoms with Gasteiger partial charge in [-0.2, -0.15) is 0 Å². The Bertz CT molecular complexity index is 424. The monoisotopic (exact) mass is 274 g/mol. The minimum Gasteiger partial charge on any atom is -0.355 e. The molecule has 0 saturated carbocycles. The van der Waals surface area contributed by atoms with Gasteiger partial charge in [0.05, 0.1) is 5.41 Å². The van der Waals surface area contributed by atoms with Gasteiger partial charge in [0.1, 0.15) is 0 Å². The largest absolute Gasteiger partial charge is 0.355 e. The molecule has 1 aliphatic heterocycles. The third-order valence-electron chi connectivity index (χ3n) is 4.53. The zero-order valence-corrected chi connectivity index (χ0v) is 12.6. The Labute approximate surface area is 122 Å². The van der Waals surface area contributed by atoms with Crippen LogP contribution in [0.4, 0.5) is 0 Å². The highest BCUT2D eigenvalue weighted by Crippen LogP contribution is 2.33. The second-order valence-electron chi connectivity index (χ2n) is 5.92. The summed E-state index contributed by atoms with van der Waals surface area (Å²) in [5.41, 5.74) is 0.808. The maximum absolute atomic E-state index is 12.8. The van der Waals surface area contributed by atoms with Crippen LogP contribution in [0.3, 0.4) is 0 Å². The zero-order valence-electron chi connectivity index (χ0n) is 12.6. The molecule has 1 amide bonds. The first-order valence-electron chi connectivity index (χ1n) is 7.73. The fourth-order valence-electron chi connectivity index (χ4n) is 2.84. The number of piperidine rings is 1. The number of nitrogens with one attached hydrogen (secondary N) is 2. The molecule has 20 heavy (non-hydrogen) atoms. The van der Waals surface area contributed by atoms with E-state index in [9.17, 15) is 4.79 Å². The molecular weight excluding hydrogens is 248 g/mol. The zero-order chi connectivity index (χ0) is 14.4. The molecule has 0 radical (unpaired) electrons. The van der Waals surface area contributed by atoms with Crippen LogP contribution in [0, 0.1) is 5.92 Å². The van der Waals surface area contributed by atoms with Crippen LogP contribution in [-0.2, 0) is 10.2 Å². The highest BCUT2D eigenvalue weighted by Gasteiger charge is 2.40. The molecule has 1 aromatic carbocycles. The molecule has 110 valence electrons. The van der Waals surface area contributed by atoms with Gasteiger partial charge in [0.25, 0.3) is 0 Å². The first-order chi connectivity index (χ1) is 9.69. The molecule has 3 heteroatoms. The molecule has 1 atom stereocenters. The molecule has 0 spiro atoms. The van der Waals surface area contributed by atoms with E-state index in [4.69, 9.17) is 0 Å². The number of hydrogen-bond donors (Lipinski definition) is 2. The molecule has 2 rings (SSSR count). The van der Waals surface area contributed by atoms with Crippen molar-refractivity contribution in [1.29, 1.82) is 0 Å². The lowest BCUT2D eigenvalue weighted by atomic mass is 9.72. The van der Waals surface area contributed by atoms with Crippen molar-refractivity contribution in [3.63, 3.8) is 0 Å². The van der Waals surface area contributed by atoms with Crippen molar-refractivity contribution in [1.82, 2.24) is 10.6 Å². The summed E-state index contributed by atoms with van der Waals surface area (Å²) in [6.07, 6.45) is 2.85. The number of amides is 1. The Kier molecular flexibility index (Phi) is 5.18. The van der Waals surface area contributed by atoms with E-state index >= 15 is 0 Å². The van der Waals surface area contributed by atoms with Crippen LogP contribution in [0.25, 0.3) is 0 Å². The van der Waals surface area contributed by atoms with Crippen LogP contribution in [0.5, 0.6) is 0 Å². The lowest BCUT2D eigenvalue weighted by Crippen LogP contribution is -2.51. The quantitative estimate of drug-likeness (QED) is 0.866. The van der Waals surface area contributed by atoms with E-state index in [1.807, 2.05) is 18.2 Å². The van der Waals surface area contributed by atoms with Crippen molar-refractivity contribution >= 4 is 5.91 Å². The Hall–Kier alpha value is -1.35. The van der Waals surface area contributed by atoms with Gasteiger partial charge in [-0.05, 0) is 37.4 Å². The fraction of sp³-hybridized carbons (Fsp3) is 0.588. The molecule has 1 unspecified atom stereocenters. The standard InChI is InChI=1S/C17H26N2O/c1-3-14(2)13-19-16(20)17(9-11-18-12-10-17)15-7-5-4-6-8-15/h4-8,14,18H,3,9-13H2,1-2H3,(H,19,20). The first-order valence-corrected chi connectivity index (χ1v) is 7.73. The van der Waals surface area contributed by atoms with Crippen molar-refractivity contribution in [2.75, 3.05) is 19.6 Å². The van der Waals surface area contributed by atoms with Gasteiger partial charge in [-0.15, -0.1) is 0 Å². The third-order valence-corrected chi connectivity index (χ3v) is 4.53. The summed E-state index contributed by atoms with van der Waals surface area (Å²) >= 11 is 0. The van der Waals surface area contributed by atoms with E-state index in [1.54, 1.807) is 0 Å². The number of hydrogen-bond acceptors (Lipinski definition) is 2. The number of rotatable bonds is 5. The van der Waals surface area contributed by atoms with Crippen LogP contribution in [0.1, 0.15) is 38.7 Å². The molecule has 1 saturated heterocycles. The lowest BCUT2D eigenvalue weighted by Gasteiger charge is -2.37. The molecule has 1 heterocycles. The first kappa shape index (κ1) is 15.0. The Morgan fingerprint density at radius 1 is 1.30 bits per heavy atom. The van der Waals surface area contributed by atoms with E-state index in [0.717, 1.165) is 44.5 Å². The van der Waals surface area contributed by atoms with E-state index in [0.29, 0.717) is 5.92 Å². The summed E-state index contributed by atoms with van der Waals surface area (Å²) in [4.78, 5) is 12.8.